The van der Waals surface area contributed by atoms with Gasteiger partial charge in [0.2, 0.25) is 5.95 Å². The minimum absolute atomic E-state index is 0.141. The van der Waals surface area contributed by atoms with Crippen molar-refractivity contribution in [3.63, 3.8) is 0 Å². The summed E-state index contributed by atoms with van der Waals surface area (Å²) in [5.41, 5.74) is 9.74. The lowest BCUT2D eigenvalue weighted by Gasteiger charge is -2.36. The van der Waals surface area contributed by atoms with Crippen LogP contribution in [0.3, 0.4) is 0 Å². The molecule has 1 aliphatic rings. The summed E-state index contributed by atoms with van der Waals surface area (Å²) >= 11 is 0. The number of halogens is 1. The van der Waals surface area contributed by atoms with Gasteiger partial charge in [0.05, 0.1) is 11.7 Å². The lowest BCUT2D eigenvalue weighted by Crippen LogP contribution is -2.34. The van der Waals surface area contributed by atoms with E-state index in [2.05, 4.69) is 39.1 Å². The molecule has 0 spiro atoms. The Balaban J connectivity index is 1.72. The Labute approximate surface area is 158 Å². The number of hydrogen-bond donors (Lipinski definition) is 1. The molecule has 1 atom stereocenters. The lowest BCUT2D eigenvalue weighted by molar-refractivity contribution is 0.137. The second kappa shape index (κ2) is 7.84. The van der Waals surface area contributed by atoms with E-state index in [1.807, 2.05) is 12.1 Å². The van der Waals surface area contributed by atoms with Crippen molar-refractivity contribution in [3.8, 4) is 11.1 Å². The molecule has 3 aromatic rings. The van der Waals surface area contributed by atoms with Gasteiger partial charge in [0.15, 0.2) is 0 Å². The van der Waals surface area contributed by atoms with Crippen LogP contribution >= 0.6 is 0 Å². The van der Waals surface area contributed by atoms with Gasteiger partial charge in [0.1, 0.15) is 5.82 Å². The van der Waals surface area contributed by atoms with Crippen molar-refractivity contribution in [2.45, 2.75) is 31.8 Å². The monoisotopic (exact) mass is 362 g/mol. The maximum Gasteiger partial charge on any atom is 0.220 e. The summed E-state index contributed by atoms with van der Waals surface area (Å²) < 4.78 is 13.8. The van der Waals surface area contributed by atoms with Gasteiger partial charge in [-0.15, -0.1) is 0 Å². The van der Waals surface area contributed by atoms with Gasteiger partial charge >= 0.3 is 0 Å². The highest BCUT2D eigenvalue weighted by molar-refractivity contribution is 5.66. The third kappa shape index (κ3) is 3.98. The quantitative estimate of drug-likeness (QED) is 0.737. The van der Waals surface area contributed by atoms with Gasteiger partial charge in [-0.25, -0.2) is 14.4 Å². The first kappa shape index (κ1) is 17.6. The zero-order chi connectivity index (χ0) is 18.6. The fourth-order valence-corrected chi connectivity index (χ4v) is 3.85. The molecule has 0 aliphatic carbocycles. The molecule has 138 valence electrons. The maximum atomic E-state index is 13.8. The van der Waals surface area contributed by atoms with E-state index in [4.69, 9.17) is 5.73 Å². The molecule has 2 heterocycles. The average molecular weight is 362 g/mol. The topological polar surface area (TPSA) is 55.0 Å². The summed E-state index contributed by atoms with van der Waals surface area (Å²) in [7, 11) is 0. The summed E-state index contributed by atoms with van der Waals surface area (Å²) in [6.45, 7) is 1.87. The van der Waals surface area contributed by atoms with Crippen molar-refractivity contribution >= 4 is 5.95 Å². The Morgan fingerprint density at radius 1 is 1.07 bits per heavy atom. The molecular weight excluding hydrogens is 339 g/mol. The largest absolute Gasteiger partial charge is 0.368 e. The molecular formula is C22H23FN4. The molecule has 0 radical (unpaired) electrons. The number of likely N-dealkylation sites (tertiary alicyclic amines) is 1. The van der Waals surface area contributed by atoms with Crippen molar-refractivity contribution in [2.75, 3.05) is 12.3 Å². The van der Waals surface area contributed by atoms with Crippen molar-refractivity contribution < 1.29 is 4.39 Å². The van der Waals surface area contributed by atoms with E-state index in [1.165, 1.54) is 24.1 Å². The maximum absolute atomic E-state index is 13.8. The van der Waals surface area contributed by atoms with E-state index in [1.54, 1.807) is 12.3 Å². The molecule has 4 nitrogen and oxygen atoms in total. The Morgan fingerprint density at radius 3 is 2.74 bits per heavy atom. The molecule has 4 rings (SSSR count). The first-order valence-corrected chi connectivity index (χ1v) is 9.37. The molecule has 5 heteroatoms. The predicted molar refractivity (Wildman–Crippen MR) is 105 cm³/mol. The third-order valence-electron chi connectivity index (χ3n) is 5.13. The van der Waals surface area contributed by atoms with E-state index < -0.39 is 0 Å². The summed E-state index contributed by atoms with van der Waals surface area (Å²) in [6, 6.07) is 17.2. The SMILES string of the molecule is Nc1ncc(-c2cccc(F)c2)c(C2CCCCN2Cc2ccccc2)n1. The highest BCUT2D eigenvalue weighted by Crippen LogP contribution is 2.36. The Kier molecular flexibility index (Phi) is 5.12. The predicted octanol–water partition coefficient (Wildman–Crippen LogP) is 4.59. The van der Waals surface area contributed by atoms with Gasteiger partial charge < -0.3 is 5.73 Å². The van der Waals surface area contributed by atoms with Gasteiger partial charge in [0, 0.05) is 18.3 Å². The molecule has 2 aromatic carbocycles. The standard InChI is InChI=1S/C22H23FN4/c23-18-10-6-9-17(13-18)19-14-25-22(24)26-21(19)20-11-4-5-12-27(20)15-16-7-2-1-3-8-16/h1-3,6-10,13-14,20H,4-5,11-12,15H2,(H2,24,25,26). The van der Waals surface area contributed by atoms with Crippen molar-refractivity contribution in [1.29, 1.82) is 0 Å². The van der Waals surface area contributed by atoms with Crippen LogP contribution in [0.4, 0.5) is 10.3 Å². The van der Waals surface area contributed by atoms with Gasteiger partial charge in [-0.2, -0.15) is 0 Å². The first-order chi connectivity index (χ1) is 13.2. The summed E-state index contributed by atoms with van der Waals surface area (Å²) in [4.78, 5) is 11.2. The van der Waals surface area contributed by atoms with Crippen LogP contribution in [-0.4, -0.2) is 21.4 Å². The minimum atomic E-state index is -0.264. The molecule has 0 bridgehead atoms. The van der Waals surface area contributed by atoms with E-state index >= 15 is 0 Å². The van der Waals surface area contributed by atoms with Crippen molar-refractivity contribution in [1.82, 2.24) is 14.9 Å². The van der Waals surface area contributed by atoms with E-state index in [9.17, 15) is 4.39 Å². The Morgan fingerprint density at radius 2 is 1.93 bits per heavy atom. The molecule has 1 aromatic heterocycles. The smallest absolute Gasteiger partial charge is 0.220 e. The van der Waals surface area contributed by atoms with Crippen LogP contribution in [0.5, 0.6) is 0 Å². The van der Waals surface area contributed by atoms with Crippen LogP contribution in [0.15, 0.2) is 60.8 Å². The van der Waals surface area contributed by atoms with Gasteiger partial charge in [-0.3, -0.25) is 4.90 Å². The molecule has 1 fully saturated rings. The van der Waals surface area contributed by atoms with Crippen LogP contribution < -0.4 is 5.73 Å². The number of piperidine rings is 1. The fraction of sp³-hybridized carbons (Fsp3) is 0.273. The van der Waals surface area contributed by atoms with Crippen molar-refractivity contribution in [2.24, 2.45) is 0 Å². The lowest BCUT2D eigenvalue weighted by atomic mass is 9.93. The minimum Gasteiger partial charge on any atom is -0.368 e. The van der Waals surface area contributed by atoms with Crippen LogP contribution in [0.1, 0.15) is 36.6 Å². The summed E-state index contributed by atoms with van der Waals surface area (Å²) in [6.07, 6.45) is 5.04. The number of nitrogen functional groups attached to an aromatic ring is 1. The number of benzene rings is 2. The molecule has 1 saturated heterocycles. The van der Waals surface area contributed by atoms with Crippen LogP contribution in [-0.2, 0) is 6.54 Å². The van der Waals surface area contributed by atoms with E-state index in [0.29, 0.717) is 0 Å². The zero-order valence-corrected chi connectivity index (χ0v) is 15.2. The summed E-state index contributed by atoms with van der Waals surface area (Å²) in [5.74, 6) is -0.00421. The average Bonchev–Trinajstić information content (AvgIpc) is 2.69. The van der Waals surface area contributed by atoms with E-state index in [-0.39, 0.29) is 17.8 Å². The number of rotatable bonds is 4. The normalized spacial score (nSPS) is 17.7. The second-order valence-corrected chi connectivity index (χ2v) is 7.01. The molecule has 0 amide bonds. The third-order valence-corrected chi connectivity index (χ3v) is 5.13. The van der Waals surface area contributed by atoms with Gasteiger partial charge in [-0.1, -0.05) is 48.9 Å². The highest BCUT2D eigenvalue weighted by Gasteiger charge is 2.28. The fourth-order valence-electron chi connectivity index (χ4n) is 3.85. The number of nitrogens with zero attached hydrogens (tertiary/aromatic N) is 3. The van der Waals surface area contributed by atoms with Crippen LogP contribution in [0.25, 0.3) is 11.1 Å². The molecule has 1 aliphatic heterocycles. The van der Waals surface area contributed by atoms with Crippen molar-refractivity contribution in [3.05, 3.63) is 77.9 Å². The van der Waals surface area contributed by atoms with Crippen LogP contribution in [0, 0.1) is 5.82 Å². The molecule has 1 unspecified atom stereocenters. The Bertz CT molecular complexity index is 913. The Hall–Kier alpha value is -2.79. The second-order valence-electron chi connectivity index (χ2n) is 7.01. The summed E-state index contributed by atoms with van der Waals surface area (Å²) in [5, 5.41) is 0. The van der Waals surface area contributed by atoms with Gasteiger partial charge in [0.25, 0.3) is 0 Å². The molecule has 27 heavy (non-hydrogen) atoms. The number of nitrogens with two attached hydrogens (primary N) is 1. The molecule has 0 saturated carbocycles. The first-order valence-electron chi connectivity index (χ1n) is 9.37. The molecule has 2 N–H and O–H groups in total. The zero-order valence-electron chi connectivity index (χ0n) is 15.2. The van der Waals surface area contributed by atoms with Crippen LogP contribution in [0.2, 0.25) is 0 Å². The van der Waals surface area contributed by atoms with Gasteiger partial charge in [-0.05, 0) is 42.6 Å². The number of hydrogen-bond acceptors (Lipinski definition) is 4. The number of anilines is 1. The highest BCUT2D eigenvalue weighted by atomic mass is 19.1. The number of aromatic nitrogens is 2. The van der Waals surface area contributed by atoms with E-state index in [0.717, 1.165) is 42.8 Å².